The largest absolute Gasteiger partial charge is 0.462 e. The van der Waals surface area contributed by atoms with Crippen molar-refractivity contribution in [3.8, 4) is 17.3 Å². The summed E-state index contributed by atoms with van der Waals surface area (Å²) in [4.78, 5) is 35.3. The summed E-state index contributed by atoms with van der Waals surface area (Å²) in [6, 6.07) is 5.63. The van der Waals surface area contributed by atoms with Gasteiger partial charge < -0.3 is 24.3 Å². The van der Waals surface area contributed by atoms with Crippen molar-refractivity contribution < 1.29 is 18.3 Å². The minimum Gasteiger partial charge on any atom is -0.462 e. The van der Waals surface area contributed by atoms with Gasteiger partial charge in [0.25, 0.3) is 5.91 Å². The normalized spacial score (nSPS) is 22.1. The maximum Gasteiger partial charge on any atom is 0.319 e. The summed E-state index contributed by atoms with van der Waals surface area (Å²) < 4.78 is 36.4. The molecule has 4 heterocycles. The van der Waals surface area contributed by atoms with Crippen molar-refractivity contribution in [3.63, 3.8) is 0 Å². The molecule has 1 amide bonds. The van der Waals surface area contributed by atoms with Crippen molar-refractivity contribution >= 4 is 22.6 Å². The first-order valence-electron chi connectivity index (χ1n) is 14.8. The van der Waals surface area contributed by atoms with E-state index in [4.69, 9.17) is 16.3 Å². The van der Waals surface area contributed by atoms with Crippen molar-refractivity contribution in [2.45, 2.75) is 50.6 Å². The molecule has 2 aromatic heterocycles. The van der Waals surface area contributed by atoms with Gasteiger partial charge in [0.2, 0.25) is 6.54 Å². The summed E-state index contributed by atoms with van der Waals surface area (Å²) in [7, 11) is 2.05. The molecule has 6 rings (SSSR count). The number of rotatable bonds is 7. The van der Waals surface area contributed by atoms with Gasteiger partial charge in [0.05, 0.1) is 5.39 Å². The smallest absolute Gasteiger partial charge is 0.319 e. The molecule has 1 aromatic carbocycles. The number of anilines is 1. The molecular formula is C32H35F2N7O2. The van der Waals surface area contributed by atoms with Crippen LogP contribution < -0.4 is 9.64 Å². The van der Waals surface area contributed by atoms with E-state index in [1.54, 1.807) is 6.20 Å². The van der Waals surface area contributed by atoms with Crippen LogP contribution in [0.4, 0.5) is 14.6 Å². The van der Waals surface area contributed by atoms with Gasteiger partial charge in [-0.15, -0.1) is 0 Å². The Hall–Kier alpha value is -4.17. The molecule has 1 unspecified atom stereocenters. The van der Waals surface area contributed by atoms with Gasteiger partial charge in [-0.25, -0.2) is 15.4 Å². The molecule has 0 spiro atoms. The van der Waals surface area contributed by atoms with Gasteiger partial charge in [-0.2, -0.15) is 9.97 Å². The van der Waals surface area contributed by atoms with Crippen LogP contribution in [0.5, 0.6) is 6.01 Å². The van der Waals surface area contributed by atoms with E-state index < -0.39 is 23.6 Å². The fourth-order valence-electron chi connectivity index (χ4n) is 6.69. The molecular weight excluding hydrogens is 552 g/mol. The van der Waals surface area contributed by atoms with E-state index in [0.29, 0.717) is 23.7 Å². The highest BCUT2D eigenvalue weighted by atomic mass is 19.1. The van der Waals surface area contributed by atoms with E-state index in [1.807, 2.05) is 17.0 Å². The quantitative estimate of drug-likeness (QED) is 0.291. The Bertz CT molecular complexity index is 1620. The maximum atomic E-state index is 16.5. The standard InChI is InChI=1S/C32H35F2N7O2/c1-19-10-11-24-23(19)8-5-9-25(24)28-27(34)29-26(16-36-28)30(38-32(37-29)43-18-21-7-6-12-39(21)4)40-13-14-41(31(42)20(2)33)22(17-40)15-35-3/h5,8-9,16,19,21-22H,2,6-7,10-15,17-18H2,1,4H3/t19?,21-,22-/m0/s1. The third kappa shape index (κ3) is 5.40. The lowest BCUT2D eigenvalue weighted by Crippen LogP contribution is -2.56. The number of fused-ring (bicyclic) bond motifs is 2. The van der Waals surface area contributed by atoms with Gasteiger partial charge in [0.1, 0.15) is 29.7 Å². The number of pyridine rings is 1. The number of benzene rings is 1. The van der Waals surface area contributed by atoms with Gasteiger partial charge in [0, 0.05) is 37.4 Å². The number of piperazine rings is 1. The second kappa shape index (κ2) is 11.8. The molecule has 2 saturated heterocycles. The molecule has 9 nitrogen and oxygen atoms in total. The van der Waals surface area contributed by atoms with Crippen molar-refractivity contribution in [1.82, 2.24) is 24.8 Å². The number of amides is 1. The van der Waals surface area contributed by atoms with E-state index in [-0.39, 0.29) is 49.4 Å². The highest BCUT2D eigenvalue weighted by Gasteiger charge is 2.35. The lowest BCUT2D eigenvalue weighted by Gasteiger charge is -2.39. The zero-order valence-electron chi connectivity index (χ0n) is 24.5. The van der Waals surface area contributed by atoms with Gasteiger partial charge in [-0.3, -0.25) is 9.78 Å². The number of carbonyl (C=O) groups excluding carboxylic acids is 1. The Morgan fingerprint density at radius 1 is 1.21 bits per heavy atom. The predicted octanol–water partition coefficient (Wildman–Crippen LogP) is 4.77. The summed E-state index contributed by atoms with van der Waals surface area (Å²) in [5, 5.41) is 0.406. The third-order valence-electron chi connectivity index (χ3n) is 9.12. The fraction of sp³-hybridized carbons (Fsp3) is 0.469. The van der Waals surface area contributed by atoms with Gasteiger partial charge in [-0.1, -0.05) is 31.7 Å². The molecule has 0 saturated carbocycles. The van der Waals surface area contributed by atoms with Crippen LogP contribution in [-0.4, -0.2) is 89.1 Å². The molecule has 3 aromatic rings. The highest BCUT2D eigenvalue weighted by molar-refractivity contribution is 5.93. The average molecular weight is 588 g/mol. The van der Waals surface area contributed by atoms with E-state index in [2.05, 4.69) is 46.3 Å². The number of likely N-dealkylation sites (N-methyl/N-ethyl adjacent to an activating group) is 1. The van der Waals surface area contributed by atoms with Crippen LogP contribution in [0.2, 0.25) is 0 Å². The lowest BCUT2D eigenvalue weighted by molar-refractivity contribution is -0.131. The Labute approximate surface area is 250 Å². The molecule has 224 valence electrons. The Balaban J connectivity index is 1.42. The number of likely N-dealkylation sites (tertiary alicyclic amines) is 1. The molecule has 0 N–H and O–H groups in total. The molecule has 2 fully saturated rings. The molecule has 11 heteroatoms. The first kappa shape index (κ1) is 28.9. The third-order valence-corrected chi connectivity index (χ3v) is 9.12. The van der Waals surface area contributed by atoms with Crippen LogP contribution in [0, 0.1) is 12.4 Å². The van der Waals surface area contributed by atoms with E-state index in [9.17, 15) is 9.18 Å². The van der Waals surface area contributed by atoms with Gasteiger partial charge >= 0.3 is 6.01 Å². The second-order valence-electron chi connectivity index (χ2n) is 11.8. The number of aromatic nitrogens is 3. The summed E-state index contributed by atoms with van der Waals surface area (Å²) in [5.74, 6) is -1.62. The minimum atomic E-state index is -1.07. The van der Waals surface area contributed by atoms with Crippen LogP contribution in [0.3, 0.4) is 0 Å². The number of hydrogen-bond acceptors (Lipinski definition) is 7. The molecule has 0 radical (unpaired) electrons. The average Bonchev–Trinajstić information content (AvgIpc) is 3.60. The fourth-order valence-corrected chi connectivity index (χ4v) is 6.69. The Kier molecular flexibility index (Phi) is 7.97. The van der Waals surface area contributed by atoms with Crippen molar-refractivity contribution in [2.75, 3.05) is 51.3 Å². The molecule has 3 aliphatic rings. The lowest BCUT2D eigenvalue weighted by atomic mass is 9.97. The predicted molar refractivity (Wildman–Crippen MR) is 160 cm³/mol. The molecule has 2 aliphatic heterocycles. The van der Waals surface area contributed by atoms with E-state index in [0.717, 1.165) is 43.4 Å². The van der Waals surface area contributed by atoms with Crippen LogP contribution >= 0.6 is 0 Å². The number of halogens is 2. The molecule has 3 atom stereocenters. The zero-order chi connectivity index (χ0) is 30.2. The molecule has 43 heavy (non-hydrogen) atoms. The van der Waals surface area contributed by atoms with Crippen LogP contribution in [0.25, 0.3) is 27.0 Å². The van der Waals surface area contributed by atoms with Crippen molar-refractivity contribution in [1.29, 1.82) is 0 Å². The van der Waals surface area contributed by atoms with Crippen LogP contribution in [0.1, 0.15) is 43.2 Å². The second-order valence-corrected chi connectivity index (χ2v) is 11.8. The van der Waals surface area contributed by atoms with Crippen molar-refractivity contribution in [2.24, 2.45) is 0 Å². The van der Waals surface area contributed by atoms with Gasteiger partial charge in [-0.05, 0) is 56.3 Å². The molecule has 0 bridgehead atoms. The first-order chi connectivity index (χ1) is 20.8. The first-order valence-corrected chi connectivity index (χ1v) is 14.8. The van der Waals surface area contributed by atoms with E-state index in [1.165, 1.54) is 10.5 Å². The Morgan fingerprint density at radius 2 is 2.05 bits per heavy atom. The number of ether oxygens (including phenoxy) is 1. The van der Waals surface area contributed by atoms with Crippen LogP contribution in [0.15, 0.2) is 36.8 Å². The number of nitrogens with zero attached hydrogens (tertiary/aromatic N) is 7. The summed E-state index contributed by atoms with van der Waals surface area (Å²) in [6.45, 7) is 14.7. The topological polar surface area (TPSA) is 79.1 Å². The van der Waals surface area contributed by atoms with E-state index >= 15 is 4.39 Å². The zero-order valence-corrected chi connectivity index (χ0v) is 24.5. The minimum absolute atomic E-state index is 0.0236. The number of carbonyl (C=O) groups is 1. The SMILES string of the molecule is [C-]#[N+]C[C@H]1CN(c2nc(OC[C@@H]3CCCN3C)nc3c(F)c(-c4cccc5c4CCC5C)ncc23)CCN1C(=O)C(=C)F. The highest BCUT2D eigenvalue weighted by Crippen LogP contribution is 2.40. The van der Waals surface area contributed by atoms with Gasteiger partial charge in [0.15, 0.2) is 11.6 Å². The molecule has 1 aliphatic carbocycles. The monoisotopic (exact) mass is 587 g/mol. The van der Waals surface area contributed by atoms with Crippen molar-refractivity contribution in [3.05, 3.63) is 65.2 Å². The summed E-state index contributed by atoms with van der Waals surface area (Å²) in [5.41, 5.74) is 3.46. The number of hydrogen-bond donors (Lipinski definition) is 0. The summed E-state index contributed by atoms with van der Waals surface area (Å²) >= 11 is 0. The summed E-state index contributed by atoms with van der Waals surface area (Å²) in [6.07, 6.45) is 5.54. The Morgan fingerprint density at radius 3 is 2.79 bits per heavy atom. The maximum absolute atomic E-state index is 16.5. The van der Waals surface area contributed by atoms with Crippen LogP contribution in [-0.2, 0) is 11.2 Å².